The quantitative estimate of drug-likeness (QED) is 0.209. The monoisotopic (exact) mass is 525 g/mol. The van der Waals surface area contributed by atoms with Crippen LogP contribution in [0.25, 0.3) is 44.2 Å². The molecule has 0 aliphatic carbocycles. The van der Waals surface area contributed by atoms with E-state index in [1.54, 1.807) is 23.1 Å². The highest BCUT2D eigenvalue weighted by Crippen LogP contribution is 2.45. The third-order valence-corrected chi connectivity index (χ3v) is 7.36. The van der Waals surface area contributed by atoms with Gasteiger partial charge in [0.1, 0.15) is 11.6 Å². The molecule has 6 aromatic rings. The van der Waals surface area contributed by atoms with Gasteiger partial charge >= 0.3 is 0 Å². The largest absolute Gasteiger partial charge is 0.334 e. The molecule has 0 radical (unpaired) electrons. The van der Waals surface area contributed by atoms with Gasteiger partial charge in [-0.1, -0.05) is 115 Å². The van der Waals surface area contributed by atoms with E-state index in [1.165, 1.54) is 22.9 Å². The van der Waals surface area contributed by atoms with E-state index in [9.17, 15) is 0 Å². The lowest BCUT2D eigenvalue weighted by molar-refractivity contribution is 0.603. The van der Waals surface area contributed by atoms with Crippen molar-refractivity contribution >= 4 is 22.1 Å². The van der Waals surface area contributed by atoms with Crippen molar-refractivity contribution in [3.63, 3.8) is 0 Å². The van der Waals surface area contributed by atoms with Crippen LogP contribution in [0.4, 0.5) is 20.2 Å². The Morgan fingerprint density at radius 2 is 1.12 bits per heavy atom. The normalized spacial score (nSPS) is 11.2. The van der Waals surface area contributed by atoms with Crippen LogP contribution in [-0.4, -0.2) is 6.04 Å². The number of para-hydroxylation sites is 1. The predicted molar refractivity (Wildman–Crippen MR) is 164 cm³/mol. The van der Waals surface area contributed by atoms with E-state index in [1.807, 2.05) is 68.4 Å². The highest BCUT2D eigenvalue weighted by atomic mass is 19.1. The van der Waals surface area contributed by atoms with Crippen LogP contribution in [0.2, 0.25) is 0 Å². The molecule has 40 heavy (non-hydrogen) atoms. The van der Waals surface area contributed by atoms with Gasteiger partial charge in [0.25, 0.3) is 0 Å². The summed E-state index contributed by atoms with van der Waals surface area (Å²) < 4.78 is 31.2. The van der Waals surface area contributed by atoms with Crippen molar-refractivity contribution in [2.75, 3.05) is 4.90 Å². The zero-order chi connectivity index (χ0) is 27.6. The molecule has 0 saturated carbocycles. The molecule has 3 heteroatoms. The van der Waals surface area contributed by atoms with E-state index in [0.717, 1.165) is 33.4 Å². The smallest absolute Gasteiger partial charge is 0.147 e. The Balaban J connectivity index is 1.58. The second kappa shape index (κ2) is 10.8. The van der Waals surface area contributed by atoms with Crippen molar-refractivity contribution in [2.24, 2.45) is 0 Å². The maximum absolute atomic E-state index is 16.0. The number of anilines is 2. The minimum absolute atomic E-state index is 0.203. The summed E-state index contributed by atoms with van der Waals surface area (Å²) in [6.45, 7) is 3.91. The summed E-state index contributed by atoms with van der Waals surface area (Å²) in [4.78, 5) is 1.77. The van der Waals surface area contributed by atoms with Crippen LogP contribution in [0.1, 0.15) is 13.8 Å². The molecule has 6 rings (SSSR count). The average Bonchev–Trinajstić information content (AvgIpc) is 2.99. The SMILES string of the molecule is CC(C)N(c1ccccc1F)c1c(F)ccc(-c2ccccc2)c1-c1ccc(-c2cccc3ccccc23)cc1. The second-order valence-corrected chi connectivity index (χ2v) is 10.2. The van der Waals surface area contributed by atoms with Crippen LogP contribution in [-0.2, 0) is 0 Å². The molecule has 0 amide bonds. The lowest BCUT2D eigenvalue weighted by atomic mass is 9.90. The molecule has 6 aromatic carbocycles. The van der Waals surface area contributed by atoms with Gasteiger partial charge in [-0.2, -0.15) is 0 Å². The van der Waals surface area contributed by atoms with E-state index < -0.39 is 11.6 Å². The molecule has 0 unspecified atom stereocenters. The lowest BCUT2D eigenvalue weighted by Crippen LogP contribution is -2.28. The fourth-order valence-corrected chi connectivity index (χ4v) is 5.55. The van der Waals surface area contributed by atoms with Crippen molar-refractivity contribution in [3.05, 3.63) is 145 Å². The highest BCUT2D eigenvalue weighted by Gasteiger charge is 2.26. The van der Waals surface area contributed by atoms with Gasteiger partial charge in [0.15, 0.2) is 0 Å². The molecule has 0 aliphatic rings. The first-order valence-electron chi connectivity index (χ1n) is 13.5. The number of hydrogen-bond donors (Lipinski definition) is 0. The number of nitrogens with zero attached hydrogens (tertiary/aromatic N) is 1. The molecule has 0 heterocycles. The molecule has 0 fully saturated rings. The van der Waals surface area contributed by atoms with Gasteiger partial charge in [-0.25, -0.2) is 8.78 Å². The highest BCUT2D eigenvalue weighted by molar-refractivity contribution is 5.98. The summed E-state index contributed by atoms with van der Waals surface area (Å²) in [5.41, 5.74) is 6.37. The molecular formula is C37H29F2N. The van der Waals surface area contributed by atoms with Crippen molar-refractivity contribution in [2.45, 2.75) is 19.9 Å². The van der Waals surface area contributed by atoms with Crippen LogP contribution in [0, 0.1) is 11.6 Å². The number of benzene rings is 6. The average molecular weight is 526 g/mol. The maximum atomic E-state index is 16.0. The lowest BCUT2D eigenvalue weighted by Gasteiger charge is -2.33. The van der Waals surface area contributed by atoms with Gasteiger partial charge in [0.05, 0.1) is 11.4 Å². The van der Waals surface area contributed by atoms with Crippen molar-refractivity contribution in [3.8, 4) is 33.4 Å². The Morgan fingerprint density at radius 1 is 0.500 bits per heavy atom. The molecule has 1 nitrogen and oxygen atoms in total. The summed E-state index contributed by atoms with van der Waals surface area (Å²) in [5, 5.41) is 2.36. The van der Waals surface area contributed by atoms with Crippen molar-refractivity contribution in [1.29, 1.82) is 0 Å². The van der Waals surface area contributed by atoms with Gasteiger partial charge < -0.3 is 4.90 Å². The van der Waals surface area contributed by atoms with Crippen molar-refractivity contribution in [1.82, 2.24) is 0 Å². The Morgan fingerprint density at radius 3 is 1.88 bits per heavy atom. The number of halogens is 2. The fourth-order valence-electron chi connectivity index (χ4n) is 5.55. The summed E-state index contributed by atoms with van der Waals surface area (Å²) in [6, 6.07) is 42.5. The van der Waals surface area contributed by atoms with Gasteiger partial charge in [0, 0.05) is 11.6 Å². The maximum Gasteiger partial charge on any atom is 0.147 e. The summed E-state index contributed by atoms with van der Waals surface area (Å²) in [7, 11) is 0. The topological polar surface area (TPSA) is 3.24 Å². The minimum atomic E-state index is -0.398. The second-order valence-electron chi connectivity index (χ2n) is 10.2. The first kappa shape index (κ1) is 25.5. The minimum Gasteiger partial charge on any atom is -0.334 e. The first-order valence-corrected chi connectivity index (χ1v) is 13.5. The summed E-state index contributed by atoms with van der Waals surface area (Å²) in [5.74, 6) is -0.789. The number of rotatable bonds is 6. The van der Waals surface area contributed by atoms with Crippen LogP contribution < -0.4 is 4.90 Å². The zero-order valence-corrected chi connectivity index (χ0v) is 22.5. The van der Waals surface area contributed by atoms with E-state index in [0.29, 0.717) is 11.4 Å². The Labute approximate surface area is 234 Å². The fraction of sp³-hybridized carbons (Fsp3) is 0.0811. The molecule has 0 N–H and O–H groups in total. The van der Waals surface area contributed by atoms with Gasteiger partial charge in [-0.05, 0) is 70.6 Å². The Bertz CT molecular complexity index is 1780. The summed E-state index contributed by atoms with van der Waals surface area (Å²) >= 11 is 0. The predicted octanol–water partition coefficient (Wildman–Crippen LogP) is 10.7. The Kier molecular flexibility index (Phi) is 6.88. The van der Waals surface area contributed by atoms with Crippen LogP contribution in [0.5, 0.6) is 0 Å². The van der Waals surface area contributed by atoms with E-state index in [4.69, 9.17) is 0 Å². The third-order valence-electron chi connectivity index (χ3n) is 7.36. The Hall–Kier alpha value is -4.76. The molecule has 0 bridgehead atoms. The third kappa shape index (κ3) is 4.65. The van der Waals surface area contributed by atoms with Crippen LogP contribution >= 0.6 is 0 Å². The molecule has 0 saturated heterocycles. The van der Waals surface area contributed by atoms with Crippen LogP contribution in [0.3, 0.4) is 0 Å². The summed E-state index contributed by atoms with van der Waals surface area (Å²) in [6.07, 6.45) is 0. The molecule has 196 valence electrons. The number of fused-ring (bicyclic) bond motifs is 1. The van der Waals surface area contributed by atoms with Gasteiger partial charge in [0.2, 0.25) is 0 Å². The van der Waals surface area contributed by atoms with Crippen molar-refractivity contribution < 1.29 is 8.78 Å². The van der Waals surface area contributed by atoms with E-state index >= 15 is 8.78 Å². The van der Waals surface area contributed by atoms with Gasteiger partial charge in [-0.15, -0.1) is 0 Å². The number of hydrogen-bond acceptors (Lipinski definition) is 1. The van der Waals surface area contributed by atoms with Gasteiger partial charge in [-0.3, -0.25) is 0 Å². The van der Waals surface area contributed by atoms with E-state index in [-0.39, 0.29) is 6.04 Å². The van der Waals surface area contributed by atoms with Crippen LogP contribution in [0.15, 0.2) is 133 Å². The molecule has 0 aliphatic heterocycles. The standard InChI is InChI=1S/C37H29F2N/c1-25(2)40(35-18-9-8-17-33(35)38)37-34(39)24-23-32(27-11-4-3-5-12-27)36(37)29-21-19-28(20-22-29)31-16-10-14-26-13-6-7-15-30(26)31/h3-25H,1-2H3. The first-order chi connectivity index (χ1) is 19.5. The molecule has 0 atom stereocenters. The molecular weight excluding hydrogens is 496 g/mol. The zero-order valence-electron chi connectivity index (χ0n) is 22.5. The van der Waals surface area contributed by atoms with E-state index in [2.05, 4.69) is 48.5 Å². The molecule has 0 spiro atoms. The molecule has 0 aromatic heterocycles.